The number of carbonyl (C=O) groups excluding carboxylic acids is 1. The third kappa shape index (κ3) is 52.3. The van der Waals surface area contributed by atoms with E-state index in [9.17, 15) is 19.4 Å². The molecule has 2 N–H and O–H groups in total. The summed E-state index contributed by atoms with van der Waals surface area (Å²) >= 11 is 0. The molecule has 8 nitrogen and oxygen atoms in total. The van der Waals surface area contributed by atoms with Gasteiger partial charge in [0.15, 0.2) is 0 Å². The highest BCUT2D eigenvalue weighted by atomic mass is 31.2. The number of hydrogen-bond donors (Lipinski definition) is 2. The molecular weight excluding hydrogens is 864 g/mol. The molecule has 0 heterocycles. The average molecular weight is 978 g/mol. The van der Waals surface area contributed by atoms with Gasteiger partial charge < -0.3 is 28.8 Å². The Morgan fingerprint density at radius 1 is 0.500 bits per heavy atom. The molecule has 3 unspecified atom stereocenters. The molecular formula is C59H113N2O6P. The van der Waals surface area contributed by atoms with E-state index in [1.165, 1.54) is 205 Å². The Balaban J connectivity index is 4.30. The molecule has 1 amide bonds. The second-order valence-corrected chi connectivity index (χ2v) is 22.4. The first-order valence-corrected chi connectivity index (χ1v) is 30.5. The van der Waals surface area contributed by atoms with Crippen molar-refractivity contribution in [2.45, 2.75) is 283 Å². The molecule has 0 aliphatic rings. The van der Waals surface area contributed by atoms with Crippen molar-refractivity contribution in [1.82, 2.24) is 5.32 Å². The van der Waals surface area contributed by atoms with Crippen molar-refractivity contribution in [2.75, 3.05) is 40.9 Å². The predicted octanol–water partition coefficient (Wildman–Crippen LogP) is 16.9. The number of likely N-dealkylation sites (N-methyl/N-ethyl adjacent to an activating group) is 1. The fourth-order valence-electron chi connectivity index (χ4n) is 8.42. The highest BCUT2D eigenvalue weighted by Gasteiger charge is 2.23. The minimum atomic E-state index is -4.61. The van der Waals surface area contributed by atoms with Crippen LogP contribution >= 0.6 is 7.82 Å². The Morgan fingerprint density at radius 2 is 0.824 bits per heavy atom. The lowest BCUT2D eigenvalue weighted by Gasteiger charge is -2.29. The van der Waals surface area contributed by atoms with Crippen LogP contribution in [0.4, 0.5) is 0 Å². The van der Waals surface area contributed by atoms with Gasteiger partial charge in [0.1, 0.15) is 13.2 Å². The van der Waals surface area contributed by atoms with Crippen LogP contribution in [0.5, 0.6) is 0 Å². The number of rotatable bonds is 53. The van der Waals surface area contributed by atoms with E-state index in [-0.39, 0.29) is 12.5 Å². The van der Waals surface area contributed by atoms with Crippen molar-refractivity contribution >= 4 is 13.7 Å². The maximum absolute atomic E-state index is 13.0. The molecule has 0 radical (unpaired) electrons. The molecule has 9 heteroatoms. The molecule has 68 heavy (non-hydrogen) atoms. The van der Waals surface area contributed by atoms with Crippen molar-refractivity contribution in [2.24, 2.45) is 0 Å². The molecule has 0 aliphatic heterocycles. The zero-order chi connectivity index (χ0) is 49.9. The lowest BCUT2D eigenvalue weighted by molar-refractivity contribution is -0.870. The van der Waals surface area contributed by atoms with E-state index in [1.807, 2.05) is 27.2 Å². The molecule has 0 saturated carbocycles. The summed E-state index contributed by atoms with van der Waals surface area (Å²) < 4.78 is 23.3. The maximum Gasteiger partial charge on any atom is 0.268 e. The molecule has 0 rings (SSSR count). The normalized spacial score (nSPS) is 14.3. The van der Waals surface area contributed by atoms with Crippen LogP contribution in [0.2, 0.25) is 0 Å². The highest BCUT2D eigenvalue weighted by Crippen LogP contribution is 2.38. The molecule has 0 aromatic rings. The lowest BCUT2D eigenvalue weighted by Crippen LogP contribution is -2.45. The molecule has 0 aromatic heterocycles. The van der Waals surface area contributed by atoms with Gasteiger partial charge in [0, 0.05) is 6.42 Å². The summed E-state index contributed by atoms with van der Waals surface area (Å²) in [4.78, 5) is 25.5. The average Bonchev–Trinajstić information content (AvgIpc) is 3.30. The fraction of sp³-hybridized carbons (Fsp3) is 0.847. The van der Waals surface area contributed by atoms with E-state index >= 15 is 0 Å². The van der Waals surface area contributed by atoms with Gasteiger partial charge in [-0.05, 0) is 70.6 Å². The summed E-state index contributed by atoms with van der Waals surface area (Å²) in [7, 11) is 1.24. The minimum absolute atomic E-state index is 0.0103. The third-order valence-electron chi connectivity index (χ3n) is 13.0. The molecule has 0 aromatic carbocycles. The number of unbranched alkanes of at least 4 members (excludes halogenated alkanes) is 34. The van der Waals surface area contributed by atoms with Crippen LogP contribution in [0.3, 0.4) is 0 Å². The number of allylic oxidation sites excluding steroid dienone is 7. The summed E-state index contributed by atoms with van der Waals surface area (Å²) in [6, 6.07) is -0.913. The number of nitrogens with zero attached hydrogens (tertiary/aromatic N) is 1. The smallest absolute Gasteiger partial charge is 0.268 e. The van der Waals surface area contributed by atoms with Crippen molar-refractivity contribution in [3.8, 4) is 0 Å². The van der Waals surface area contributed by atoms with Crippen molar-refractivity contribution < 1.29 is 32.9 Å². The van der Waals surface area contributed by atoms with E-state index in [4.69, 9.17) is 9.05 Å². The summed E-state index contributed by atoms with van der Waals surface area (Å²) in [6.07, 6.45) is 66.2. The van der Waals surface area contributed by atoms with E-state index < -0.39 is 26.6 Å². The first-order valence-electron chi connectivity index (χ1n) is 29.0. The number of nitrogens with one attached hydrogen (secondary N) is 1. The number of aliphatic hydroxyl groups excluding tert-OH is 1. The summed E-state index contributed by atoms with van der Waals surface area (Å²) in [5.74, 6) is -0.214. The maximum atomic E-state index is 13.0. The Kier molecular flexibility index (Phi) is 49.3. The molecule has 0 aliphatic carbocycles. The van der Waals surface area contributed by atoms with Gasteiger partial charge in [0.05, 0.1) is 39.9 Å². The van der Waals surface area contributed by atoms with Crippen LogP contribution < -0.4 is 10.2 Å². The number of phosphoric acid groups is 1. The van der Waals surface area contributed by atoms with Crippen LogP contribution in [0.15, 0.2) is 48.6 Å². The fourth-order valence-corrected chi connectivity index (χ4v) is 9.14. The second-order valence-electron chi connectivity index (χ2n) is 21.0. The molecule has 0 fully saturated rings. The standard InChI is InChI=1S/C59H113N2O6P/c1-6-8-10-12-14-16-18-20-22-24-26-28-29-30-31-33-34-36-38-40-42-44-46-48-50-52-58(62)57(56-67-68(64,65)66-55-54-61(3,4)5)60-59(63)53-51-49-47-45-43-41-39-37-35-32-27-25-23-21-19-17-15-13-11-9-7-2/h32,34-36,42,44,50,52,57-58,62H,6-31,33,37-41,43,45-49,51,53-56H2,1-5H3,(H-,60,63,64,65)/b35-32-,36-34+,44-42+,52-50+. The second kappa shape index (κ2) is 50.4. The monoisotopic (exact) mass is 977 g/mol. The van der Waals surface area contributed by atoms with Crippen molar-refractivity contribution in [1.29, 1.82) is 0 Å². The SMILES string of the molecule is CCCCCCCCCCCC/C=C\CCCCCCCCCC(=O)NC(COP(=O)([O-])OCC[N+](C)(C)C)C(O)/C=C/CC/C=C/CC/C=C/CCCCCCCCCCCCCCCCC. The quantitative estimate of drug-likeness (QED) is 0.0272. The predicted molar refractivity (Wildman–Crippen MR) is 293 cm³/mol. The van der Waals surface area contributed by atoms with Crippen molar-refractivity contribution in [3.05, 3.63) is 48.6 Å². The van der Waals surface area contributed by atoms with E-state index in [0.29, 0.717) is 17.4 Å². The van der Waals surface area contributed by atoms with Crippen LogP contribution in [-0.4, -0.2) is 68.5 Å². The summed E-state index contributed by atoms with van der Waals surface area (Å²) in [6.45, 7) is 4.65. The number of carbonyl (C=O) groups is 1. The zero-order valence-corrected chi connectivity index (χ0v) is 46.5. The van der Waals surface area contributed by atoms with Gasteiger partial charge in [-0.25, -0.2) is 0 Å². The van der Waals surface area contributed by atoms with E-state index in [1.54, 1.807) is 6.08 Å². The van der Waals surface area contributed by atoms with Crippen LogP contribution in [0, 0.1) is 0 Å². The molecule has 400 valence electrons. The van der Waals surface area contributed by atoms with Gasteiger partial charge in [-0.1, -0.05) is 242 Å². The number of phosphoric ester groups is 1. The molecule has 0 spiro atoms. The Bertz CT molecular complexity index is 1250. The van der Waals surface area contributed by atoms with Gasteiger partial charge in [-0.3, -0.25) is 9.36 Å². The Hall–Kier alpha value is -1.54. The van der Waals surface area contributed by atoms with Gasteiger partial charge in [0.2, 0.25) is 5.91 Å². The third-order valence-corrected chi connectivity index (χ3v) is 14.0. The van der Waals surface area contributed by atoms with E-state index in [2.05, 4.69) is 55.6 Å². The molecule has 0 bridgehead atoms. The molecule has 0 saturated heterocycles. The minimum Gasteiger partial charge on any atom is -0.756 e. The van der Waals surface area contributed by atoms with Crippen molar-refractivity contribution in [3.63, 3.8) is 0 Å². The van der Waals surface area contributed by atoms with Gasteiger partial charge >= 0.3 is 0 Å². The zero-order valence-electron chi connectivity index (χ0n) is 45.6. The van der Waals surface area contributed by atoms with Crippen LogP contribution in [0.1, 0.15) is 271 Å². The Morgan fingerprint density at radius 3 is 1.19 bits per heavy atom. The largest absolute Gasteiger partial charge is 0.756 e. The first kappa shape index (κ1) is 66.5. The molecule has 3 atom stereocenters. The highest BCUT2D eigenvalue weighted by molar-refractivity contribution is 7.45. The van der Waals surface area contributed by atoms with Crippen LogP contribution in [-0.2, 0) is 18.4 Å². The Labute approximate surface area is 422 Å². The number of hydrogen-bond acceptors (Lipinski definition) is 6. The van der Waals surface area contributed by atoms with Crippen LogP contribution in [0.25, 0.3) is 0 Å². The lowest BCUT2D eigenvalue weighted by atomic mass is 10.0. The number of quaternary nitrogens is 1. The first-order chi connectivity index (χ1) is 33.0. The van der Waals surface area contributed by atoms with Gasteiger partial charge in [-0.2, -0.15) is 0 Å². The van der Waals surface area contributed by atoms with E-state index in [0.717, 1.165) is 44.9 Å². The van der Waals surface area contributed by atoms with Gasteiger partial charge in [0.25, 0.3) is 7.82 Å². The topological polar surface area (TPSA) is 108 Å². The number of amides is 1. The number of aliphatic hydroxyl groups is 1. The van der Waals surface area contributed by atoms with Gasteiger partial charge in [-0.15, -0.1) is 0 Å². The summed E-state index contributed by atoms with van der Waals surface area (Å²) in [5.41, 5.74) is 0. The summed E-state index contributed by atoms with van der Waals surface area (Å²) in [5, 5.41) is 13.9.